The SMILES string of the molecule is C=Cc1cccc(C)c1N=C.CC.CC.CC.CC. The van der Waals surface area contributed by atoms with E-state index in [9.17, 15) is 0 Å². The molecule has 112 valence electrons. The van der Waals surface area contributed by atoms with Gasteiger partial charge in [-0.3, -0.25) is 4.99 Å². The largest absolute Gasteiger partial charge is 0.264 e. The number of para-hydroxylation sites is 1. The fraction of sp³-hybridized carbons (Fsp3) is 0.500. The van der Waals surface area contributed by atoms with Gasteiger partial charge in [-0.25, -0.2) is 0 Å². The lowest BCUT2D eigenvalue weighted by Gasteiger charge is -2.02. The van der Waals surface area contributed by atoms with E-state index in [2.05, 4.69) is 18.3 Å². The zero-order chi connectivity index (χ0) is 16.3. The molecule has 0 saturated heterocycles. The molecule has 0 amide bonds. The van der Waals surface area contributed by atoms with Crippen molar-refractivity contribution >= 4 is 18.5 Å². The molecule has 0 fully saturated rings. The Morgan fingerprint density at radius 3 is 1.58 bits per heavy atom. The van der Waals surface area contributed by atoms with Crippen LogP contribution in [-0.2, 0) is 0 Å². The highest BCUT2D eigenvalue weighted by Gasteiger charge is 1.97. The minimum Gasteiger partial charge on any atom is -0.264 e. The van der Waals surface area contributed by atoms with Gasteiger partial charge in [-0.2, -0.15) is 0 Å². The third kappa shape index (κ3) is 12.9. The second kappa shape index (κ2) is 25.5. The lowest BCUT2D eigenvalue weighted by molar-refractivity contribution is 1.40. The van der Waals surface area contributed by atoms with E-state index in [-0.39, 0.29) is 0 Å². The summed E-state index contributed by atoms with van der Waals surface area (Å²) in [5.74, 6) is 0. The lowest BCUT2D eigenvalue weighted by atomic mass is 10.1. The van der Waals surface area contributed by atoms with E-state index in [1.807, 2.05) is 80.5 Å². The third-order valence-corrected chi connectivity index (χ3v) is 1.65. The summed E-state index contributed by atoms with van der Waals surface area (Å²) in [6.07, 6.45) is 1.79. The smallest absolute Gasteiger partial charge is 0.0723 e. The lowest BCUT2D eigenvalue weighted by Crippen LogP contribution is -1.77. The summed E-state index contributed by atoms with van der Waals surface area (Å²) in [7, 11) is 0. The first kappa shape index (κ1) is 26.2. The summed E-state index contributed by atoms with van der Waals surface area (Å²) in [6.45, 7) is 25.2. The molecular formula is C18H35N. The molecule has 0 atom stereocenters. The van der Waals surface area contributed by atoms with Gasteiger partial charge in [0.15, 0.2) is 0 Å². The van der Waals surface area contributed by atoms with Crippen LogP contribution in [0.3, 0.4) is 0 Å². The van der Waals surface area contributed by atoms with Crippen molar-refractivity contribution in [3.63, 3.8) is 0 Å². The summed E-state index contributed by atoms with van der Waals surface area (Å²) in [5.41, 5.74) is 3.11. The average molecular weight is 265 g/mol. The molecule has 0 aliphatic rings. The van der Waals surface area contributed by atoms with E-state index in [0.717, 1.165) is 16.8 Å². The molecule has 1 aromatic rings. The zero-order valence-corrected chi connectivity index (χ0v) is 14.7. The van der Waals surface area contributed by atoms with Gasteiger partial charge in [-0.1, -0.05) is 86.2 Å². The molecule has 0 unspecified atom stereocenters. The summed E-state index contributed by atoms with van der Waals surface area (Å²) in [6, 6.07) is 5.97. The standard InChI is InChI=1S/C10H11N.4C2H6/c1-4-9-7-5-6-8(2)10(9)11-3;4*1-2/h4-7H,1,3H2,2H3;4*1-2H3. The molecule has 0 aromatic heterocycles. The molecule has 0 bridgehead atoms. The van der Waals surface area contributed by atoms with Crippen molar-refractivity contribution in [2.24, 2.45) is 4.99 Å². The van der Waals surface area contributed by atoms with Crippen LogP contribution in [0, 0.1) is 6.92 Å². The van der Waals surface area contributed by atoms with Crippen LogP contribution in [0.25, 0.3) is 6.08 Å². The van der Waals surface area contributed by atoms with Crippen LogP contribution in [0.15, 0.2) is 29.8 Å². The first-order valence-electron chi connectivity index (χ1n) is 7.48. The van der Waals surface area contributed by atoms with E-state index in [1.165, 1.54) is 0 Å². The molecule has 0 heterocycles. The van der Waals surface area contributed by atoms with Crippen molar-refractivity contribution in [1.29, 1.82) is 0 Å². The van der Waals surface area contributed by atoms with Crippen molar-refractivity contribution < 1.29 is 0 Å². The monoisotopic (exact) mass is 265 g/mol. The van der Waals surface area contributed by atoms with Crippen LogP contribution < -0.4 is 0 Å². The normalized spacial score (nSPS) is 6.58. The summed E-state index contributed by atoms with van der Waals surface area (Å²) in [4.78, 5) is 3.92. The Balaban J connectivity index is -0.000000121. The second-order valence-corrected chi connectivity index (χ2v) is 2.37. The molecule has 1 rings (SSSR count). The van der Waals surface area contributed by atoms with E-state index in [4.69, 9.17) is 0 Å². The van der Waals surface area contributed by atoms with Crippen molar-refractivity contribution in [2.75, 3.05) is 0 Å². The highest BCUT2D eigenvalue weighted by Crippen LogP contribution is 2.23. The molecule has 0 aliphatic heterocycles. The Labute approximate surface area is 122 Å². The average Bonchev–Trinajstić information content (AvgIpc) is 2.54. The topological polar surface area (TPSA) is 12.4 Å². The molecule has 0 N–H and O–H groups in total. The fourth-order valence-electron chi connectivity index (χ4n) is 1.06. The Morgan fingerprint density at radius 2 is 1.32 bits per heavy atom. The van der Waals surface area contributed by atoms with Crippen molar-refractivity contribution in [3.05, 3.63) is 35.9 Å². The van der Waals surface area contributed by atoms with Crippen LogP contribution in [0.4, 0.5) is 5.69 Å². The minimum atomic E-state index is 0.933. The van der Waals surface area contributed by atoms with Crippen LogP contribution >= 0.6 is 0 Å². The van der Waals surface area contributed by atoms with Crippen LogP contribution in [-0.4, -0.2) is 6.72 Å². The van der Waals surface area contributed by atoms with Crippen molar-refractivity contribution in [3.8, 4) is 0 Å². The molecule has 0 radical (unpaired) electrons. The van der Waals surface area contributed by atoms with E-state index in [0.29, 0.717) is 0 Å². The van der Waals surface area contributed by atoms with E-state index < -0.39 is 0 Å². The van der Waals surface area contributed by atoms with Gasteiger partial charge in [0.2, 0.25) is 0 Å². The third-order valence-electron chi connectivity index (χ3n) is 1.65. The number of benzene rings is 1. The van der Waals surface area contributed by atoms with Crippen molar-refractivity contribution in [2.45, 2.75) is 62.3 Å². The molecule has 1 aromatic carbocycles. The fourth-order valence-corrected chi connectivity index (χ4v) is 1.06. The molecule has 1 heteroatoms. The maximum absolute atomic E-state index is 3.92. The molecule has 0 spiro atoms. The minimum absolute atomic E-state index is 0.933. The van der Waals surface area contributed by atoms with Crippen molar-refractivity contribution in [1.82, 2.24) is 0 Å². The number of aryl methyl sites for hydroxylation is 1. The maximum atomic E-state index is 3.92. The molecular weight excluding hydrogens is 230 g/mol. The van der Waals surface area contributed by atoms with Gasteiger partial charge in [-0.15, -0.1) is 0 Å². The van der Waals surface area contributed by atoms with Gasteiger partial charge in [-0.05, 0) is 24.8 Å². The Bertz CT molecular complexity index is 288. The number of rotatable bonds is 2. The highest BCUT2D eigenvalue weighted by atomic mass is 14.7. The van der Waals surface area contributed by atoms with Gasteiger partial charge in [0, 0.05) is 0 Å². The summed E-state index contributed by atoms with van der Waals surface area (Å²) < 4.78 is 0. The van der Waals surface area contributed by atoms with E-state index in [1.54, 1.807) is 6.08 Å². The maximum Gasteiger partial charge on any atom is 0.0723 e. The van der Waals surface area contributed by atoms with Gasteiger partial charge in [0.05, 0.1) is 5.69 Å². The highest BCUT2D eigenvalue weighted by molar-refractivity contribution is 5.67. The molecule has 0 aliphatic carbocycles. The Hall–Kier alpha value is -1.37. The first-order valence-corrected chi connectivity index (χ1v) is 7.48. The van der Waals surface area contributed by atoms with Crippen LogP contribution in [0.5, 0.6) is 0 Å². The molecule has 19 heavy (non-hydrogen) atoms. The number of hydrogen-bond donors (Lipinski definition) is 0. The number of hydrogen-bond acceptors (Lipinski definition) is 1. The van der Waals surface area contributed by atoms with Crippen LogP contribution in [0.2, 0.25) is 0 Å². The zero-order valence-electron chi connectivity index (χ0n) is 14.7. The summed E-state index contributed by atoms with van der Waals surface area (Å²) >= 11 is 0. The van der Waals surface area contributed by atoms with Gasteiger partial charge >= 0.3 is 0 Å². The quantitative estimate of drug-likeness (QED) is 0.507. The van der Waals surface area contributed by atoms with Gasteiger partial charge < -0.3 is 0 Å². The predicted molar refractivity (Wildman–Crippen MR) is 95.9 cm³/mol. The second-order valence-electron chi connectivity index (χ2n) is 2.37. The van der Waals surface area contributed by atoms with Crippen LogP contribution in [0.1, 0.15) is 66.5 Å². The summed E-state index contributed by atoms with van der Waals surface area (Å²) in [5, 5.41) is 0. The number of nitrogens with zero attached hydrogens (tertiary/aromatic N) is 1. The van der Waals surface area contributed by atoms with E-state index >= 15 is 0 Å². The molecule has 0 saturated carbocycles. The molecule has 1 nitrogen and oxygen atoms in total. The Morgan fingerprint density at radius 1 is 0.895 bits per heavy atom. The Kier molecular flexibility index (Phi) is 35.2. The predicted octanol–water partition coefficient (Wildman–Crippen LogP) is 7.07. The number of aliphatic imine (C=N–C) groups is 1. The van der Waals surface area contributed by atoms with Gasteiger partial charge in [0.1, 0.15) is 0 Å². The first-order chi connectivity index (χ1) is 9.29. The van der Waals surface area contributed by atoms with Gasteiger partial charge in [0.25, 0.3) is 0 Å².